The second-order valence-corrected chi connectivity index (χ2v) is 10.3. The minimum atomic E-state index is -0.0460. The number of benzene rings is 3. The summed E-state index contributed by atoms with van der Waals surface area (Å²) in [5, 5.41) is 4.94. The monoisotopic (exact) mass is 495 g/mol. The molecular formula is C29H25N3OS2. The molecular weight excluding hydrogens is 470 g/mol. The van der Waals surface area contributed by atoms with Crippen molar-refractivity contribution in [1.29, 1.82) is 0 Å². The minimum absolute atomic E-state index is 0.0460. The minimum Gasteiger partial charge on any atom is -0.293 e. The van der Waals surface area contributed by atoms with Crippen LogP contribution in [0.3, 0.4) is 0 Å². The number of carbonyl (C=O) groups is 1. The third-order valence-corrected chi connectivity index (χ3v) is 7.42. The van der Waals surface area contributed by atoms with E-state index in [-0.39, 0.29) is 5.91 Å². The number of nitrogens with zero attached hydrogens (tertiary/aromatic N) is 3. The Morgan fingerprint density at radius 1 is 0.971 bits per heavy atom. The van der Waals surface area contributed by atoms with Gasteiger partial charge in [0.05, 0.1) is 10.6 Å². The summed E-state index contributed by atoms with van der Waals surface area (Å²) in [5.74, 6) is -0.0460. The summed E-state index contributed by atoms with van der Waals surface area (Å²) in [6.07, 6.45) is 4.69. The van der Waals surface area contributed by atoms with Crippen LogP contribution in [0.15, 0.2) is 90.0 Å². The van der Waals surface area contributed by atoms with Crippen LogP contribution in [0.5, 0.6) is 0 Å². The molecule has 2 heterocycles. The number of amides is 1. The van der Waals surface area contributed by atoms with Crippen LogP contribution in [0.1, 0.15) is 22.3 Å². The molecule has 174 valence electrons. The second kappa shape index (κ2) is 10.0. The molecule has 0 atom stereocenters. The lowest BCUT2D eigenvalue weighted by molar-refractivity contribution is -0.122. The molecule has 0 N–H and O–H groups in total. The van der Waals surface area contributed by atoms with E-state index in [0.717, 1.165) is 40.1 Å². The highest BCUT2D eigenvalue weighted by atomic mass is 32.2. The molecule has 0 bridgehead atoms. The maximum atomic E-state index is 13.3. The Hall–Kier alpha value is -3.48. The van der Waals surface area contributed by atoms with Gasteiger partial charge >= 0.3 is 0 Å². The van der Waals surface area contributed by atoms with E-state index in [1.54, 1.807) is 4.90 Å². The molecule has 0 unspecified atom stereocenters. The molecule has 1 fully saturated rings. The number of thioether (sulfide) groups is 1. The topological polar surface area (TPSA) is 38.1 Å². The van der Waals surface area contributed by atoms with Gasteiger partial charge in [0, 0.05) is 23.9 Å². The Morgan fingerprint density at radius 3 is 2.43 bits per heavy atom. The first-order valence-electron chi connectivity index (χ1n) is 11.5. The third-order valence-electron chi connectivity index (χ3n) is 6.04. The van der Waals surface area contributed by atoms with Crippen LogP contribution in [-0.2, 0) is 11.2 Å². The van der Waals surface area contributed by atoms with Crippen LogP contribution < -0.4 is 0 Å². The quantitative estimate of drug-likeness (QED) is 0.223. The van der Waals surface area contributed by atoms with Crippen molar-refractivity contribution in [2.45, 2.75) is 20.3 Å². The Morgan fingerprint density at radius 2 is 1.69 bits per heavy atom. The number of hydrogen-bond acceptors (Lipinski definition) is 4. The first-order valence-corrected chi connectivity index (χ1v) is 12.7. The van der Waals surface area contributed by atoms with E-state index in [4.69, 9.17) is 17.3 Å². The molecule has 35 heavy (non-hydrogen) atoms. The van der Waals surface area contributed by atoms with E-state index < -0.39 is 0 Å². The fraction of sp³-hybridized carbons (Fsp3) is 0.138. The van der Waals surface area contributed by atoms with Crippen molar-refractivity contribution < 1.29 is 4.79 Å². The van der Waals surface area contributed by atoms with E-state index in [0.29, 0.717) is 15.8 Å². The third kappa shape index (κ3) is 4.99. The highest BCUT2D eigenvalue weighted by Gasteiger charge is 2.32. The van der Waals surface area contributed by atoms with E-state index in [1.165, 1.54) is 17.3 Å². The number of thiocarbonyl (C=S) groups is 1. The van der Waals surface area contributed by atoms with Crippen LogP contribution in [0.25, 0.3) is 23.0 Å². The fourth-order valence-electron chi connectivity index (χ4n) is 4.13. The molecule has 1 saturated heterocycles. The zero-order valence-electron chi connectivity index (χ0n) is 19.6. The number of aryl methyl sites for hydroxylation is 2. The number of carbonyl (C=O) groups excluding carboxylic acids is 1. The van der Waals surface area contributed by atoms with Crippen molar-refractivity contribution >= 4 is 40.3 Å². The van der Waals surface area contributed by atoms with Gasteiger partial charge in [-0.1, -0.05) is 90.2 Å². The molecule has 4 aromatic rings. The van der Waals surface area contributed by atoms with Gasteiger partial charge in [0.2, 0.25) is 0 Å². The molecule has 3 aromatic carbocycles. The summed E-state index contributed by atoms with van der Waals surface area (Å²) in [6, 6.07) is 26.5. The summed E-state index contributed by atoms with van der Waals surface area (Å²) in [7, 11) is 0. The molecule has 1 amide bonds. The van der Waals surface area contributed by atoms with Gasteiger partial charge < -0.3 is 0 Å². The standard InChI is InChI=1S/C29H25N3OS2/c1-20-13-14-21(2)25(17-20)27-23(19-32(30-27)24-11-7-4-8-12-24)18-26-28(33)31(29(34)35-26)16-15-22-9-5-3-6-10-22/h3-14,17-19H,15-16H2,1-2H3/b26-18-. The molecule has 0 radical (unpaired) electrons. The highest BCUT2D eigenvalue weighted by Crippen LogP contribution is 2.35. The van der Waals surface area contributed by atoms with Gasteiger partial charge in [-0.3, -0.25) is 9.69 Å². The highest BCUT2D eigenvalue weighted by molar-refractivity contribution is 8.26. The summed E-state index contributed by atoms with van der Waals surface area (Å²) in [4.78, 5) is 15.6. The Kier molecular flexibility index (Phi) is 6.66. The maximum absolute atomic E-state index is 13.3. The number of para-hydroxylation sites is 1. The summed E-state index contributed by atoms with van der Waals surface area (Å²) >= 11 is 6.94. The van der Waals surface area contributed by atoms with Crippen molar-refractivity contribution in [2.75, 3.05) is 6.54 Å². The van der Waals surface area contributed by atoms with Crippen molar-refractivity contribution in [1.82, 2.24) is 14.7 Å². The Balaban J connectivity index is 1.50. The zero-order chi connectivity index (χ0) is 24.4. The average Bonchev–Trinajstić information content (AvgIpc) is 3.41. The van der Waals surface area contributed by atoms with E-state index in [9.17, 15) is 4.79 Å². The van der Waals surface area contributed by atoms with Crippen LogP contribution in [0, 0.1) is 13.8 Å². The predicted molar refractivity (Wildman–Crippen MR) is 148 cm³/mol. The lowest BCUT2D eigenvalue weighted by Gasteiger charge is -2.14. The number of hydrogen-bond donors (Lipinski definition) is 0. The van der Waals surface area contributed by atoms with Crippen molar-refractivity contribution in [3.8, 4) is 16.9 Å². The van der Waals surface area contributed by atoms with Crippen LogP contribution >= 0.6 is 24.0 Å². The Bertz CT molecular complexity index is 1430. The second-order valence-electron chi connectivity index (χ2n) is 8.60. The van der Waals surface area contributed by atoms with Crippen molar-refractivity contribution in [2.24, 2.45) is 0 Å². The van der Waals surface area contributed by atoms with Gasteiger partial charge in [-0.25, -0.2) is 4.68 Å². The smallest absolute Gasteiger partial charge is 0.266 e. The molecule has 0 aliphatic carbocycles. The maximum Gasteiger partial charge on any atom is 0.266 e. The molecule has 4 nitrogen and oxygen atoms in total. The number of rotatable bonds is 6. The van der Waals surface area contributed by atoms with Gasteiger partial charge in [-0.05, 0) is 55.7 Å². The summed E-state index contributed by atoms with van der Waals surface area (Å²) in [6.45, 7) is 4.73. The molecule has 5 rings (SSSR count). The van der Waals surface area contributed by atoms with E-state index in [1.807, 2.05) is 65.5 Å². The van der Waals surface area contributed by atoms with Gasteiger partial charge in [0.25, 0.3) is 5.91 Å². The lowest BCUT2D eigenvalue weighted by Crippen LogP contribution is -2.30. The first-order chi connectivity index (χ1) is 17.0. The van der Waals surface area contributed by atoms with E-state index >= 15 is 0 Å². The molecule has 6 heteroatoms. The van der Waals surface area contributed by atoms with Crippen molar-refractivity contribution in [3.63, 3.8) is 0 Å². The predicted octanol–water partition coefficient (Wildman–Crippen LogP) is 6.60. The Labute approximate surface area is 215 Å². The van der Waals surface area contributed by atoms with Crippen LogP contribution in [-0.4, -0.2) is 31.5 Å². The SMILES string of the molecule is Cc1ccc(C)c(-c2nn(-c3ccccc3)cc2/C=C2\SC(=S)N(CCc3ccccc3)C2=O)c1. The van der Waals surface area contributed by atoms with Gasteiger partial charge in [-0.2, -0.15) is 5.10 Å². The van der Waals surface area contributed by atoms with Gasteiger partial charge in [0.15, 0.2) is 0 Å². The lowest BCUT2D eigenvalue weighted by atomic mass is 10.0. The molecule has 0 saturated carbocycles. The fourth-order valence-corrected chi connectivity index (χ4v) is 5.43. The normalized spacial score (nSPS) is 14.8. The summed E-state index contributed by atoms with van der Waals surface area (Å²) in [5.41, 5.74) is 7.26. The van der Waals surface area contributed by atoms with Crippen molar-refractivity contribution in [3.05, 3.63) is 112 Å². The van der Waals surface area contributed by atoms with Crippen LogP contribution in [0.4, 0.5) is 0 Å². The first kappa shape index (κ1) is 23.3. The molecule has 1 aliphatic heterocycles. The molecule has 1 aromatic heterocycles. The molecule has 1 aliphatic rings. The van der Waals surface area contributed by atoms with Gasteiger partial charge in [0.1, 0.15) is 10.0 Å². The van der Waals surface area contributed by atoms with E-state index in [2.05, 4.69) is 44.2 Å². The summed E-state index contributed by atoms with van der Waals surface area (Å²) < 4.78 is 2.47. The molecule has 0 spiro atoms. The van der Waals surface area contributed by atoms with Crippen LogP contribution in [0.2, 0.25) is 0 Å². The van der Waals surface area contributed by atoms with Gasteiger partial charge in [-0.15, -0.1) is 0 Å². The number of aromatic nitrogens is 2. The largest absolute Gasteiger partial charge is 0.293 e. The average molecular weight is 496 g/mol. The zero-order valence-corrected chi connectivity index (χ0v) is 21.3.